The number of rotatable bonds is 4. The number of carbonyl (C=O) groups is 1. The third-order valence-electron chi connectivity index (χ3n) is 3.89. The van der Waals surface area contributed by atoms with E-state index in [0.29, 0.717) is 10.9 Å². The summed E-state index contributed by atoms with van der Waals surface area (Å²) < 4.78 is 2.12. The molecule has 2 heterocycles. The lowest BCUT2D eigenvalue weighted by atomic mass is 10.2. The van der Waals surface area contributed by atoms with Crippen molar-refractivity contribution >= 4 is 34.7 Å². The molecule has 1 atom stereocenters. The second-order valence-electron chi connectivity index (χ2n) is 5.61. The van der Waals surface area contributed by atoms with Crippen LogP contribution >= 0.6 is 12.2 Å². The molecule has 11 heteroatoms. The lowest BCUT2D eigenvalue weighted by Crippen LogP contribution is -2.37. The number of H-pyrrole nitrogens is 1. The minimum atomic E-state index is -0.893. The highest BCUT2D eigenvalue weighted by Gasteiger charge is 2.23. The van der Waals surface area contributed by atoms with Crippen molar-refractivity contribution in [3.05, 3.63) is 61.4 Å². The third-order valence-corrected chi connectivity index (χ3v) is 4.18. The average molecular weight is 374 g/mol. The topological polar surface area (TPSA) is 128 Å². The van der Waals surface area contributed by atoms with Gasteiger partial charge in [-0.2, -0.15) is 9.77 Å². The molecule has 0 aliphatic rings. The summed E-state index contributed by atoms with van der Waals surface area (Å²) in [5.74, 6) is -0.598. The fourth-order valence-electron chi connectivity index (χ4n) is 2.44. The molecule has 1 aromatic carbocycles. The van der Waals surface area contributed by atoms with Gasteiger partial charge in [-0.3, -0.25) is 29.8 Å². The molecule has 134 valence electrons. The minimum absolute atomic E-state index is 0.0249. The first kappa shape index (κ1) is 17.5. The van der Waals surface area contributed by atoms with Crippen LogP contribution in [0.2, 0.25) is 0 Å². The van der Waals surface area contributed by atoms with Crippen molar-refractivity contribution in [1.29, 1.82) is 0 Å². The van der Waals surface area contributed by atoms with Crippen LogP contribution in [0.5, 0.6) is 0 Å². The van der Waals surface area contributed by atoms with Crippen molar-refractivity contribution in [2.24, 2.45) is 0 Å². The molecule has 0 radical (unpaired) electrons. The quantitative estimate of drug-likeness (QED) is 0.407. The van der Waals surface area contributed by atoms with Crippen LogP contribution in [0.1, 0.15) is 18.7 Å². The Balaban J connectivity index is 1.94. The molecule has 0 unspecified atom stereocenters. The lowest BCUT2D eigenvalue weighted by molar-refractivity contribution is -0.385. The number of benzene rings is 1. The standard InChI is InChI=1S/C15H14N6O4S/c1-8-12(21(24)25)7-19(17-8)9(2)13(22)18-20-14(23)10-5-3-4-6-11(10)16-15(20)26/h3-7,9H,1-2H3,(H,16,26)(H,18,22)/t9-/m0/s1. The van der Waals surface area contributed by atoms with Gasteiger partial charge in [0, 0.05) is 0 Å². The van der Waals surface area contributed by atoms with E-state index in [1.165, 1.54) is 24.7 Å². The molecule has 0 bridgehead atoms. The van der Waals surface area contributed by atoms with Crippen LogP contribution in [0.15, 0.2) is 35.3 Å². The molecule has 3 aromatic rings. The van der Waals surface area contributed by atoms with Gasteiger partial charge >= 0.3 is 5.69 Å². The zero-order valence-corrected chi connectivity index (χ0v) is 14.6. The van der Waals surface area contributed by atoms with Crippen LogP contribution in [-0.2, 0) is 4.79 Å². The Morgan fingerprint density at radius 3 is 2.77 bits per heavy atom. The molecule has 0 aliphatic carbocycles. The molecular weight excluding hydrogens is 360 g/mol. The number of fused-ring (bicyclic) bond motifs is 1. The summed E-state index contributed by atoms with van der Waals surface area (Å²) in [6.07, 6.45) is 1.17. The molecule has 26 heavy (non-hydrogen) atoms. The molecule has 0 aliphatic heterocycles. The third kappa shape index (κ3) is 2.99. The van der Waals surface area contributed by atoms with Gasteiger partial charge in [0.15, 0.2) is 4.77 Å². The number of nitrogens with one attached hydrogen (secondary N) is 2. The van der Waals surface area contributed by atoms with Gasteiger partial charge in [-0.25, -0.2) is 0 Å². The average Bonchev–Trinajstić information content (AvgIpc) is 2.99. The number of carbonyl (C=O) groups excluding carboxylic acids is 1. The predicted octanol–water partition coefficient (Wildman–Crippen LogP) is 1.80. The van der Waals surface area contributed by atoms with E-state index in [-0.39, 0.29) is 16.2 Å². The molecule has 1 amide bonds. The second kappa shape index (κ2) is 6.52. The van der Waals surface area contributed by atoms with Crippen LogP contribution < -0.4 is 11.0 Å². The maximum Gasteiger partial charge on any atom is 0.309 e. The SMILES string of the molecule is Cc1nn([C@@H](C)C(=O)Nn2c(=S)[nH]c3ccccc3c2=O)cc1[N+](=O)[O-]. The molecule has 0 saturated carbocycles. The van der Waals surface area contributed by atoms with E-state index in [1.54, 1.807) is 24.3 Å². The minimum Gasteiger partial charge on any atom is -0.330 e. The predicted molar refractivity (Wildman–Crippen MR) is 96.1 cm³/mol. The summed E-state index contributed by atoms with van der Waals surface area (Å²) in [5.41, 5.74) is 2.50. The van der Waals surface area contributed by atoms with E-state index >= 15 is 0 Å². The summed E-state index contributed by atoms with van der Waals surface area (Å²) in [7, 11) is 0. The van der Waals surface area contributed by atoms with Crippen LogP contribution in [0, 0.1) is 21.8 Å². The summed E-state index contributed by atoms with van der Waals surface area (Å²) in [4.78, 5) is 38.2. The monoisotopic (exact) mass is 374 g/mol. The summed E-state index contributed by atoms with van der Waals surface area (Å²) in [5, 5.41) is 15.3. The normalized spacial score (nSPS) is 12.1. The van der Waals surface area contributed by atoms with Gasteiger partial charge in [0.05, 0.1) is 15.8 Å². The Kier molecular flexibility index (Phi) is 4.38. The first-order valence-electron chi connectivity index (χ1n) is 7.54. The molecule has 0 saturated heterocycles. The van der Waals surface area contributed by atoms with Crippen molar-refractivity contribution in [3.63, 3.8) is 0 Å². The molecule has 0 spiro atoms. The Labute approximate surface area is 151 Å². The fraction of sp³-hybridized carbons (Fsp3) is 0.200. The zero-order chi connectivity index (χ0) is 19.0. The van der Waals surface area contributed by atoms with E-state index in [2.05, 4.69) is 15.5 Å². The van der Waals surface area contributed by atoms with Crippen LogP contribution in [0.3, 0.4) is 0 Å². The van der Waals surface area contributed by atoms with Crippen LogP contribution in [-0.4, -0.2) is 30.3 Å². The van der Waals surface area contributed by atoms with E-state index in [1.807, 2.05) is 0 Å². The number of aromatic nitrogens is 4. The number of aromatic amines is 1. The van der Waals surface area contributed by atoms with Gasteiger partial charge in [0.1, 0.15) is 17.9 Å². The van der Waals surface area contributed by atoms with E-state index in [9.17, 15) is 19.7 Å². The number of hydrogen-bond acceptors (Lipinski definition) is 6. The number of amides is 1. The number of para-hydroxylation sites is 1. The molecular formula is C15H14N6O4S. The summed E-state index contributed by atoms with van der Waals surface area (Å²) in [6.45, 7) is 2.98. The number of aryl methyl sites for hydroxylation is 1. The zero-order valence-electron chi connectivity index (χ0n) is 13.8. The van der Waals surface area contributed by atoms with E-state index in [0.717, 1.165) is 4.68 Å². The van der Waals surface area contributed by atoms with Gasteiger partial charge < -0.3 is 4.98 Å². The number of nitro groups is 1. The van der Waals surface area contributed by atoms with Crippen molar-refractivity contribution < 1.29 is 9.72 Å². The molecule has 2 N–H and O–H groups in total. The van der Waals surface area contributed by atoms with Crippen molar-refractivity contribution in [1.82, 2.24) is 19.4 Å². The largest absolute Gasteiger partial charge is 0.330 e. The Morgan fingerprint density at radius 2 is 2.12 bits per heavy atom. The molecule has 2 aromatic heterocycles. The van der Waals surface area contributed by atoms with Gasteiger partial charge in [0.25, 0.3) is 11.5 Å². The van der Waals surface area contributed by atoms with Crippen LogP contribution in [0.25, 0.3) is 10.9 Å². The fourth-order valence-corrected chi connectivity index (χ4v) is 2.68. The Morgan fingerprint density at radius 1 is 1.42 bits per heavy atom. The molecule has 0 fully saturated rings. The van der Waals surface area contributed by atoms with Gasteiger partial charge in [-0.1, -0.05) is 12.1 Å². The van der Waals surface area contributed by atoms with Gasteiger partial charge in [-0.05, 0) is 38.2 Å². The number of nitrogens with zero attached hydrogens (tertiary/aromatic N) is 4. The lowest BCUT2D eigenvalue weighted by Gasteiger charge is -2.14. The van der Waals surface area contributed by atoms with Crippen LogP contribution in [0.4, 0.5) is 5.69 Å². The maximum atomic E-state index is 12.5. The van der Waals surface area contributed by atoms with Crippen molar-refractivity contribution in [2.75, 3.05) is 5.43 Å². The maximum absolute atomic E-state index is 12.5. The highest BCUT2D eigenvalue weighted by atomic mass is 32.1. The highest BCUT2D eigenvalue weighted by molar-refractivity contribution is 7.71. The highest BCUT2D eigenvalue weighted by Crippen LogP contribution is 2.18. The second-order valence-corrected chi connectivity index (χ2v) is 5.99. The van der Waals surface area contributed by atoms with Crippen molar-refractivity contribution in [2.45, 2.75) is 19.9 Å². The van der Waals surface area contributed by atoms with Gasteiger partial charge in [-0.15, -0.1) is 0 Å². The summed E-state index contributed by atoms with van der Waals surface area (Å²) in [6, 6.07) is 5.86. The smallest absolute Gasteiger partial charge is 0.309 e. The Hall–Kier alpha value is -3.34. The first-order valence-corrected chi connectivity index (χ1v) is 7.95. The van der Waals surface area contributed by atoms with Gasteiger partial charge in [0.2, 0.25) is 0 Å². The summed E-state index contributed by atoms with van der Waals surface area (Å²) >= 11 is 5.13. The van der Waals surface area contributed by atoms with E-state index in [4.69, 9.17) is 12.2 Å². The first-order chi connectivity index (χ1) is 12.3. The molecule has 3 rings (SSSR count). The molecule has 10 nitrogen and oxygen atoms in total. The van der Waals surface area contributed by atoms with E-state index < -0.39 is 22.4 Å². The van der Waals surface area contributed by atoms with Crippen molar-refractivity contribution in [3.8, 4) is 0 Å². The number of hydrogen-bond donors (Lipinski definition) is 2. The Bertz CT molecular complexity index is 1140.